The van der Waals surface area contributed by atoms with E-state index in [-0.39, 0.29) is 30.2 Å². The Morgan fingerprint density at radius 3 is 2.50 bits per heavy atom. The summed E-state index contributed by atoms with van der Waals surface area (Å²) < 4.78 is 39.1. The minimum Gasteiger partial charge on any atom is -0.493 e. The van der Waals surface area contributed by atoms with Gasteiger partial charge in [0.25, 0.3) is 5.91 Å². The Kier molecular flexibility index (Phi) is 7.11. The molecule has 1 N–H and O–H groups in total. The largest absolute Gasteiger partial charge is 0.493 e. The molecule has 6 nitrogen and oxygen atoms in total. The summed E-state index contributed by atoms with van der Waals surface area (Å²) in [5.41, 5.74) is 1.71. The van der Waals surface area contributed by atoms with E-state index >= 15 is 0 Å². The number of ether oxygens (including phenoxy) is 2. The Morgan fingerprint density at radius 2 is 1.79 bits per heavy atom. The molecule has 3 aromatic carbocycles. The number of rotatable bonds is 7. The number of nitrogens with one attached hydrogen (secondary N) is 1. The van der Waals surface area contributed by atoms with Crippen LogP contribution in [0.25, 0.3) is 6.08 Å². The summed E-state index contributed by atoms with van der Waals surface area (Å²) in [5.74, 6) is -0.442. The molecular weight excluding hydrogens is 557 g/mol. The van der Waals surface area contributed by atoms with E-state index in [1.54, 1.807) is 30.3 Å². The highest BCUT2D eigenvalue weighted by molar-refractivity contribution is 14.1. The van der Waals surface area contributed by atoms with Gasteiger partial charge >= 0.3 is 6.03 Å². The first-order valence-corrected chi connectivity index (χ1v) is 11.3. The van der Waals surface area contributed by atoms with Crippen molar-refractivity contribution in [3.63, 3.8) is 0 Å². The fraction of sp³-hybridized carbons (Fsp3) is 0.120. The monoisotopic (exact) mass is 576 g/mol. The number of nitrogens with zero attached hydrogens (tertiary/aromatic N) is 1. The third-order valence-corrected chi connectivity index (χ3v) is 5.91. The standard InChI is InChI=1S/C25H19F2IN2O4/c1-33-22-12-16(10-20(28)23(22)34-14-15-6-8-18(26)9-7-15)11-21-24(31)30(25(32)29-21)13-17-4-2-3-5-19(17)27/h2-12H,13-14H2,1H3,(H,29,32)/b21-11+. The highest BCUT2D eigenvalue weighted by atomic mass is 127. The smallest absolute Gasteiger partial charge is 0.329 e. The maximum Gasteiger partial charge on any atom is 0.329 e. The Morgan fingerprint density at radius 1 is 1.06 bits per heavy atom. The van der Waals surface area contributed by atoms with E-state index in [1.165, 1.54) is 43.5 Å². The predicted octanol–water partition coefficient (Wildman–Crippen LogP) is 5.25. The van der Waals surface area contributed by atoms with E-state index in [2.05, 4.69) is 27.9 Å². The lowest BCUT2D eigenvalue weighted by atomic mass is 10.1. The summed E-state index contributed by atoms with van der Waals surface area (Å²) in [4.78, 5) is 26.1. The van der Waals surface area contributed by atoms with Crippen molar-refractivity contribution in [3.05, 3.63) is 98.3 Å². The number of methoxy groups -OCH3 is 1. The van der Waals surface area contributed by atoms with Gasteiger partial charge < -0.3 is 14.8 Å². The number of carbonyl (C=O) groups is 2. The van der Waals surface area contributed by atoms with Crippen LogP contribution in [-0.4, -0.2) is 23.9 Å². The van der Waals surface area contributed by atoms with E-state index < -0.39 is 17.8 Å². The van der Waals surface area contributed by atoms with Crippen LogP contribution in [0.2, 0.25) is 0 Å². The first kappa shape index (κ1) is 23.7. The third-order valence-electron chi connectivity index (χ3n) is 5.11. The second kappa shape index (κ2) is 10.2. The Bertz CT molecular complexity index is 1280. The first-order valence-electron chi connectivity index (χ1n) is 10.2. The predicted molar refractivity (Wildman–Crippen MR) is 130 cm³/mol. The summed E-state index contributed by atoms with van der Waals surface area (Å²) in [5, 5.41) is 2.54. The van der Waals surface area contributed by atoms with E-state index in [0.29, 0.717) is 20.6 Å². The van der Waals surface area contributed by atoms with E-state index in [4.69, 9.17) is 9.47 Å². The number of carbonyl (C=O) groups excluding carboxylic acids is 2. The molecule has 0 unspecified atom stereocenters. The van der Waals surface area contributed by atoms with Crippen LogP contribution in [0.5, 0.6) is 11.5 Å². The van der Waals surface area contributed by atoms with Crippen LogP contribution in [0, 0.1) is 15.2 Å². The van der Waals surface area contributed by atoms with E-state index in [0.717, 1.165) is 10.5 Å². The number of amides is 3. The van der Waals surface area contributed by atoms with Crippen molar-refractivity contribution < 1.29 is 27.8 Å². The van der Waals surface area contributed by atoms with Crippen LogP contribution in [0.4, 0.5) is 13.6 Å². The molecule has 1 aliphatic rings. The van der Waals surface area contributed by atoms with Crippen LogP contribution < -0.4 is 14.8 Å². The summed E-state index contributed by atoms with van der Waals surface area (Å²) in [6, 6.07) is 14.8. The number of urea groups is 1. The molecule has 4 rings (SSSR count). The molecule has 0 aromatic heterocycles. The lowest BCUT2D eigenvalue weighted by molar-refractivity contribution is -0.123. The third kappa shape index (κ3) is 5.19. The van der Waals surface area contributed by atoms with E-state index in [1.807, 2.05) is 0 Å². The quantitative estimate of drug-likeness (QED) is 0.237. The molecule has 0 spiro atoms. The zero-order chi connectivity index (χ0) is 24.2. The van der Waals surface area contributed by atoms with Gasteiger partial charge in [-0.15, -0.1) is 0 Å². The Hall–Kier alpha value is -3.47. The first-order chi connectivity index (χ1) is 16.4. The van der Waals surface area contributed by atoms with Crippen molar-refractivity contribution in [2.75, 3.05) is 7.11 Å². The Labute approximate surface area is 208 Å². The lowest BCUT2D eigenvalue weighted by Gasteiger charge is -2.14. The fourth-order valence-corrected chi connectivity index (χ4v) is 4.16. The maximum atomic E-state index is 14.0. The molecule has 1 saturated heterocycles. The number of hydrogen-bond donors (Lipinski definition) is 1. The van der Waals surface area contributed by atoms with Gasteiger partial charge in [0.15, 0.2) is 11.5 Å². The van der Waals surface area contributed by atoms with Crippen molar-refractivity contribution in [1.29, 1.82) is 0 Å². The van der Waals surface area contributed by atoms with Crippen molar-refractivity contribution >= 4 is 40.6 Å². The molecule has 174 valence electrons. The van der Waals surface area contributed by atoms with Crippen LogP contribution in [0.1, 0.15) is 16.7 Å². The van der Waals surface area contributed by atoms with Crippen molar-refractivity contribution in [2.24, 2.45) is 0 Å². The lowest BCUT2D eigenvalue weighted by Crippen LogP contribution is -2.30. The number of benzene rings is 3. The minimum atomic E-state index is -0.625. The molecule has 3 aromatic rings. The van der Waals surface area contributed by atoms with Gasteiger partial charge in [-0.1, -0.05) is 30.3 Å². The summed E-state index contributed by atoms with van der Waals surface area (Å²) in [6.07, 6.45) is 1.52. The molecule has 3 amide bonds. The van der Waals surface area contributed by atoms with Gasteiger partial charge in [-0.3, -0.25) is 9.69 Å². The molecular formula is C25H19F2IN2O4. The Balaban J connectivity index is 1.53. The molecule has 0 saturated carbocycles. The minimum absolute atomic E-state index is 0.0687. The topological polar surface area (TPSA) is 67.9 Å². The van der Waals surface area contributed by atoms with Crippen LogP contribution in [0.3, 0.4) is 0 Å². The van der Waals surface area contributed by atoms with Gasteiger partial charge in [0.2, 0.25) is 0 Å². The zero-order valence-corrected chi connectivity index (χ0v) is 20.1. The van der Waals surface area contributed by atoms with Crippen LogP contribution >= 0.6 is 22.6 Å². The second-order valence-electron chi connectivity index (χ2n) is 7.42. The highest BCUT2D eigenvalue weighted by Gasteiger charge is 2.34. The van der Waals surface area contributed by atoms with Gasteiger partial charge in [-0.05, 0) is 70.1 Å². The average Bonchev–Trinajstić information content (AvgIpc) is 3.07. The van der Waals surface area contributed by atoms with Gasteiger partial charge in [0.05, 0.1) is 17.2 Å². The molecule has 1 aliphatic heterocycles. The zero-order valence-electron chi connectivity index (χ0n) is 18.0. The molecule has 0 aliphatic carbocycles. The van der Waals surface area contributed by atoms with E-state index in [9.17, 15) is 18.4 Å². The van der Waals surface area contributed by atoms with Crippen molar-refractivity contribution in [1.82, 2.24) is 10.2 Å². The van der Waals surface area contributed by atoms with Crippen LogP contribution in [-0.2, 0) is 17.9 Å². The van der Waals surface area contributed by atoms with Crippen LogP contribution in [0.15, 0.2) is 66.4 Å². The number of imide groups is 1. The molecule has 0 radical (unpaired) electrons. The van der Waals surface area contributed by atoms with Gasteiger partial charge in [0, 0.05) is 5.56 Å². The van der Waals surface area contributed by atoms with Crippen molar-refractivity contribution in [2.45, 2.75) is 13.2 Å². The molecule has 34 heavy (non-hydrogen) atoms. The molecule has 0 atom stereocenters. The van der Waals surface area contributed by atoms with Gasteiger partial charge in [-0.25, -0.2) is 13.6 Å². The number of hydrogen-bond acceptors (Lipinski definition) is 4. The number of halogens is 3. The molecule has 9 heteroatoms. The highest BCUT2D eigenvalue weighted by Crippen LogP contribution is 2.35. The van der Waals surface area contributed by atoms with Gasteiger partial charge in [0.1, 0.15) is 23.9 Å². The second-order valence-corrected chi connectivity index (χ2v) is 8.58. The average molecular weight is 576 g/mol. The summed E-state index contributed by atoms with van der Waals surface area (Å²) in [7, 11) is 1.49. The SMILES string of the molecule is COc1cc(/C=C2/NC(=O)N(Cc3ccccc3F)C2=O)cc(I)c1OCc1ccc(F)cc1. The maximum absolute atomic E-state index is 14.0. The van der Waals surface area contributed by atoms with Gasteiger partial charge in [-0.2, -0.15) is 0 Å². The fourth-order valence-electron chi connectivity index (χ4n) is 3.38. The molecule has 1 heterocycles. The molecule has 0 bridgehead atoms. The summed E-state index contributed by atoms with van der Waals surface area (Å²) in [6.45, 7) is 0.0400. The normalized spacial score (nSPS) is 14.5. The van der Waals surface area contributed by atoms with Crippen molar-refractivity contribution in [3.8, 4) is 11.5 Å². The molecule has 1 fully saturated rings. The summed E-state index contributed by atoms with van der Waals surface area (Å²) >= 11 is 2.08.